The number of anilines is 1. The molecule has 9 heteroatoms. The van der Waals surface area contributed by atoms with Gasteiger partial charge in [0.1, 0.15) is 28.8 Å². The van der Waals surface area contributed by atoms with Crippen LogP contribution in [0.3, 0.4) is 0 Å². The molecule has 2 saturated heterocycles. The number of nitrogens with zero attached hydrogens (tertiary/aromatic N) is 3. The fourth-order valence-corrected chi connectivity index (χ4v) is 5.06. The normalized spacial score (nSPS) is 22.3. The summed E-state index contributed by atoms with van der Waals surface area (Å²) in [6.45, 7) is 6.04. The summed E-state index contributed by atoms with van der Waals surface area (Å²) in [5, 5.41) is 3.38. The zero-order valence-electron chi connectivity index (χ0n) is 18.0. The standard InChI is InChI=1S/C23H24ClFN4O3/c1-23(2)9-14(30)11-29(23)21-17-20(32-12-13-10-26-7-8-28(13)22(17)31)18(24)19(27-21)15-5-3-4-6-16(15)25/h3-6,13,26H,7-12H2,1-2H3/t13-/m1/s1. The van der Waals surface area contributed by atoms with E-state index in [2.05, 4.69) is 5.32 Å². The van der Waals surface area contributed by atoms with Crippen molar-refractivity contribution in [2.75, 3.05) is 37.7 Å². The number of Topliss-reactive ketones (excluding diaryl/α,β-unsaturated/α-hetero) is 1. The first-order valence-electron chi connectivity index (χ1n) is 10.7. The summed E-state index contributed by atoms with van der Waals surface area (Å²) in [5.74, 6) is -0.156. The second-order valence-electron chi connectivity index (χ2n) is 9.06. The third-order valence-electron chi connectivity index (χ3n) is 6.40. The number of rotatable bonds is 2. The van der Waals surface area contributed by atoms with Crippen LogP contribution in [0.5, 0.6) is 5.75 Å². The molecule has 7 nitrogen and oxygen atoms in total. The van der Waals surface area contributed by atoms with E-state index in [1.807, 2.05) is 18.7 Å². The van der Waals surface area contributed by atoms with Gasteiger partial charge in [0.15, 0.2) is 11.5 Å². The van der Waals surface area contributed by atoms with Gasteiger partial charge in [-0.25, -0.2) is 9.37 Å². The Morgan fingerprint density at radius 1 is 1.28 bits per heavy atom. The summed E-state index contributed by atoms with van der Waals surface area (Å²) in [7, 11) is 0. The van der Waals surface area contributed by atoms with Crippen LogP contribution in [-0.2, 0) is 4.79 Å². The Balaban J connectivity index is 1.77. The maximum atomic E-state index is 14.7. The molecule has 1 aromatic heterocycles. The number of piperazine rings is 1. The maximum absolute atomic E-state index is 14.7. The Bertz CT molecular complexity index is 1120. The Morgan fingerprint density at radius 2 is 2.06 bits per heavy atom. The van der Waals surface area contributed by atoms with Gasteiger partial charge >= 0.3 is 0 Å². The molecule has 2 aromatic rings. The lowest BCUT2D eigenvalue weighted by Gasteiger charge is -2.36. The van der Waals surface area contributed by atoms with E-state index in [-0.39, 0.29) is 58.5 Å². The van der Waals surface area contributed by atoms with Crippen LogP contribution >= 0.6 is 11.6 Å². The van der Waals surface area contributed by atoms with Crippen LogP contribution in [0, 0.1) is 5.82 Å². The molecule has 168 valence electrons. The topological polar surface area (TPSA) is 74.8 Å². The number of nitrogens with one attached hydrogen (secondary N) is 1. The molecule has 1 N–H and O–H groups in total. The number of pyridine rings is 1. The summed E-state index contributed by atoms with van der Waals surface area (Å²) in [6.07, 6.45) is 0.326. The highest BCUT2D eigenvalue weighted by atomic mass is 35.5. The Morgan fingerprint density at radius 3 is 2.78 bits per heavy atom. The summed E-state index contributed by atoms with van der Waals surface area (Å²) in [5.41, 5.74) is 0.0828. The van der Waals surface area contributed by atoms with Crippen molar-refractivity contribution in [3.63, 3.8) is 0 Å². The number of hydrogen-bond acceptors (Lipinski definition) is 6. The van der Waals surface area contributed by atoms with Gasteiger partial charge in [0.05, 0.1) is 18.3 Å². The molecular formula is C23H24ClFN4O3. The molecule has 0 saturated carbocycles. The van der Waals surface area contributed by atoms with Gasteiger partial charge in [-0.1, -0.05) is 23.7 Å². The molecule has 1 amide bonds. The lowest BCUT2D eigenvalue weighted by atomic mass is 10.0. The second kappa shape index (κ2) is 7.71. The molecule has 4 heterocycles. The number of carbonyl (C=O) groups is 2. The highest BCUT2D eigenvalue weighted by molar-refractivity contribution is 6.35. The van der Waals surface area contributed by atoms with E-state index in [1.54, 1.807) is 23.1 Å². The number of benzene rings is 1. The maximum Gasteiger partial charge on any atom is 0.261 e. The number of amides is 1. The number of halogens is 2. The Labute approximate surface area is 190 Å². The Kier molecular flexibility index (Phi) is 5.09. The minimum absolute atomic E-state index is 0.0509. The van der Waals surface area contributed by atoms with Crippen molar-refractivity contribution in [3.05, 3.63) is 40.7 Å². The van der Waals surface area contributed by atoms with Crippen molar-refractivity contribution < 1.29 is 18.7 Å². The van der Waals surface area contributed by atoms with Crippen molar-refractivity contribution in [2.24, 2.45) is 0 Å². The molecular weight excluding hydrogens is 435 g/mol. The van der Waals surface area contributed by atoms with Crippen molar-refractivity contribution in [3.8, 4) is 17.0 Å². The largest absolute Gasteiger partial charge is 0.489 e. The van der Waals surface area contributed by atoms with Gasteiger partial charge in [0.2, 0.25) is 0 Å². The molecule has 0 radical (unpaired) electrons. The molecule has 0 spiro atoms. The average Bonchev–Trinajstić information content (AvgIpc) is 2.94. The first-order valence-corrected chi connectivity index (χ1v) is 11.1. The van der Waals surface area contributed by atoms with Crippen LogP contribution in [0.25, 0.3) is 11.3 Å². The molecule has 0 aliphatic carbocycles. The lowest BCUT2D eigenvalue weighted by molar-refractivity contribution is -0.116. The van der Waals surface area contributed by atoms with E-state index in [9.17, 15) is 14.0 Å². The first kappa shape index (κ1) is 21.2. The van der Waals surface area contributed by atoms with Crippen molar-refractivity contribution in [1.29, 1.82) is 0 Å². The lowest BCUT2D eigenvalue weighted by Crippen LogP contribution is -2.55. The number of ether oxygens (including phenoxy) is 1. The van der Waals surface area contributed by atoms with Gasteiger partial charge in [-0.15, -0.1) is 0 Å². The second-order valence-corrected chi connectivity index (χ2v) is 9.44. The smallest absolute Gasteiger partial charge is 0.261 e. The first-order chi connectivity index (χ1) is 15.3. The fourth-order valence-electron chi connectivity index (χ4n) is 4.77. The molecule has 3 aliphatic heterocycles. The highest BCUT2D eigenvalue weighted by Crippen LogP contribution is 2.46. The van der Waals surface area contributed by atoms with Crippen LogP contribution < -0.4 is 15.0 Å². The minimum atomic E-state index is -0.562. The van der Waals surface area contributed by atoms with Gasteiger partial charge in [-0.2, -0.15) is 0 Å². The van der Waals surface area contributed by atoms with E-state index < -0.39 is 11.4 Å². The van der Waals surface area contributed by atoms with Crippen LogP contribution in [0.1, 0.15) is 30.6 Å². The van der Waals surface area contributed by atoms with Crippen LogP contribution in [-0.4, -0.2) is 65.9 Å². The van der Waals surface area contributed by atoms with E-state index >= 15 is 0 Å². The van der Waals surface area contributed by atoms with E-state index in [0.717, 1.165) is 0 Å². The molecule has 0 unspecified atom stereocenters. The van der Waals surface area contributed by atoms with Gasteiger partial charge in [-0.05, 0) is 26.0 Å². The molecule has 2 fully saturated rings. The number of ketones is 1. The molecule has 1 atom stereocenters. The Hall–Kier alpha value is -2.71. The average molecular weight is 459 g/mol. The van der Waals surface area contributed by atoms with Crippen LogP contribution in [0.15, 0.2) is 24.3 Å². The van der Waals surface area contributed by atoms with Crippen LogP contribution in [0.2, 0.25) is 5.02 Å². The summed E-state index contributed by atoms with van der Waals surface area (Å²) < 4.78 is 20.8. The molecule has 0 bridgehead atoms. The summed E-state index contributed by atoms with van der Waals surface area (Å²) >= 11 is 6.72. The van der Waals surface area contributed by atoms with E-state index in [1.165, 1.54) is 6.07 Å². The number of carbonyl (C=O) groups excluding carboxylic acids is 2. The quantitative estimate of drug-likeness (QED) is 0.746. The molecule has 1 aromatic carbocycles. The van der Waals surface area contributed by atoms with Crippen LogP contribution in [0.4, 0.5) is 10.2 Å². The third kappa shape index (κ3) is 3.33. The van der Waals surface area contributed by atoms with E-state index in [4.69, 9.17) is 21.3 Å². The third-order valence-corrected chi connectivity index (χ3v) is 6.75. The van der Waals surface area contributed by atoms with Gasteiger partial charge in [0.25, 0.3) is 5.91 Å². The number of hydrogen-bond donors (Lipinski definition) is 1. The molecule has 3 aliphatic rings. The summed E-state index contributed by atoms with van der Waals surface area (Å²) in [4.78, 5) is 34.4. The monoisotopic (exact) mass is 458 g/mol. The minimum Gasteiger partial charge on any atom is -0.489 e. The zero-order valence-corrected chi connectivity index (χ0v) is 18.7. The van der Waals surface area contributed by atoms with Gasteiger partial charge in [-0.3, -0.25) is 9.59 Å². The predicted octanol–water partition coefficient (Wildman–Crippen LogP) is 2.91. The SMILES string of the molecule is CC1(C)CC(=O)CN1c1nc(-c2ccccc2F)c(Cl)c2c1C(=O)N1CCNC[C@@H]1CO2. The van der Waals surface area contributed by atoms with Gasteiger partial charge < -0.3 is 19.9 Å². The highest BCUT2D eigenvalue weighted by Gasteiger charge is 2.44. The van der Waals surface area contributed by atoms with Crippen molar-refractivity contribution in [1.82, 2.24) is 15.2 Å². The molecule has 32 heavy (non-hydrogen) atoms. The fraction of sp³-hybridized carbons (Fsp3) is 0.435. The summed E-state index contributed by atoms with van der Waals surface area (Å²) in [6, 6.07) is 6.05. The zero-order chi connectivity index (χ0) is 22.6. The van der Waals surface area contributed by atoms with Gasteiger partial charge in [0, 0.05) is 37.2 Å². The predicted molar refractivity (Wildman–Crippen MR) is 119 cm³/mol. The van der Waals surface area contributed by atoms with E-state index in [0.29, 0.717) is 31.9 Å². The number of aromatic nitrogens is 1. The molecule has 5 rings (SSSR count). The number of fused-ring (bicyclic) bond motifs is 2. The van der Waals surface area contributed by atoms with Crippen molar-refractivity contribution in [2.45, 2.75) is 31.8 Å². The van der Waals surface area contributed by atoms with Crippen molar-refractivity contribution >= 4 is 29.1 Å².